The zero-order chi connectivity index (χ0) is 22.7. The van der Waals surface area contributed by atoms with Crippen molar-refractivity contribution in [2.75, 3.05) is 36.4 Å². The molecule has 0 aromatic heterocycles. The number of para-hydroxylation sites is 1. The van der Waals surface area contributed by atoms with E-state index in [0.717, 1.165) is 0 Å². The molecule has 2 N–H and O–H groups in total. The van der Waals surface area contributed by atoms with Gasteiger partial charge in [-0.25, -0.2) is 9.38 Å². The van der Waals surface area contributed by atoms with E-state index in [0.29, 0.717) is 49.1 Å². The topological polar surface area (TPSA) is 94.1 Å². The second-order valence-electron chi connectivity index (χ2n) is 7.77. The molecule has 1 saturated heterocycles. The number of carbonyl (C=O) groups is 3. The SMILES string of the molecule is CC(=O)c1ccc(NC(=O)[C@H]2CC(=O)NC(N3CCN(c4ccccc4F)CC3)=N2)cc1. The number of nitrogens with one attached hydrogen (secondary N) is 2. The fraction of sp³-hybridized carbons (Fsp3) is 0.304. The van der Waals surface area contributed by atoms with Crippen LogP contribution < -0.4 is 15.5 Å². The first-order chi connectivity index (χ1) is 15.4. The number of piperazine rings is 1. The van der Waals surface area contributed by atoms with Crippen LogP contribution >= 0.6 is 0 Å². The van der Waals surface area contributed by atoms with E-state index >= 15 is 0 Å². The van der Waals surface area contributed by atoms with Crippen LogP contribution in [0.2, 0.25) is 0 Å². The number of halogens is 1. The first-order valence-electron chi connectivity index (χ1n) is 10.4. The molecule has 4 rings (SSSR count). The highest BCUT2D eigenvalue weighted by Gasteiger charge is 2.31. The van der Waals surface area contributed by atoms with E-state index in [1.165, 1.54) is 13.0 Å². The van der Waals surface area contributed by atoms with Gasteiger partial charge in [0.05, 0.1) is 12.1 Å². The number of carbonyl (C=O) groups excluding carboxylic acids is 3. The Hall–Kier alpha value is -3.75. The highest BCUT2D eigenvalue weighted by Crippen LogP contribution is 2.21. The van der Waals surface area contributed by atoms with Gasteiger partial charge in [-0.2, -0.15) is 0 Å². The molecule has 9 heteroatoms. The Morgan fingerprint density at radius 3 is 2.34 bits per heavy atom. The van der Waals surface area contributed by atoms with Crippen molar-refractivity contribution >= 4 is 34.9 Å². The van der Waals surface area contributed by atoms with Crippen molar-refractivity contribution in [2.45, 2.75) is 19.4 Å². The number of anilines is 2. The maximum absolute atomic E-state index is 14.1. The molecule has 0 unspecified atom stereocenters. The zero-order valence-electron chi connectivity index (χ0n) is 17.7. The Morgan fingerprint density at radius 2 is 1.69 bits per heavy atom. The number of Topliss-reactive ketones (excluding diaryl/α,β-unsaturated/α-hetero) is 1. The third-order valence-electron chi connectivity index (χ3n) is 5.54. The van der Waals surface area contributed by atoms with Crippen LogP contribution in [0.1, 0.15) is 23.7 Å². The molecule has 1 atom stereocenters. The molecule has 32 heavy (non-hydrogen) atoms. The van der Waals surface area contributed by atoms with Crippen LogP contribution in [0.25, 0.3) is 0 Å². The molecule has 2 aromatic carbocycles. The van der Waals surface area contributed by atoms with Gasteiger partial charge in [-0.1, -0.05) is 12.1 Å². The number of nitrogens with zero attached hydrogens (tertiary/aromatic N) is 3. The second kappa shape index (κ2) is 9.17. The minimum atomic E-state index is -0.851. The maximum Gasteiger partial charge on any atom is 0.249 e. The number of aliphatic imine (C=N–C) groups is 1. The minimum Gasteiger partial charge on any atom is -0.366 e. The summed E-state index contributed by atoms with van der Waals surface area (Å²) in [4.78, 5) is 44.6. The Morgan fingerprint density at radius 1 is 1.03 bits per heavy atom. The highest BCUT2D eigenvalue weighted by molar-refractivity contribution is 6.06. The molecule has 0 spiro atoms. The fourth-order valence-corrected chi connectivity index (χ4v) is 3.77. The molecule has 0 bridgehead atoms. The molecule has 1 fully saturated rings. The summed E-state index contributed by atoms with van der Waals surface area (Å²) in [6.45, 7) is 3.67. The summed E-state index contributed by atoms with van der Waals surface area (Å²) in [5, 5.41) is 5.50. The number of guanidine groups is 1. The second-order valence-corrected chi connectivity index (χ2v) is 7.77. The first kappa shape index (κ1) is 21.5. The van der Waals surface area contributed by atoms with Crippen molar-refractivity contribution in [3.05, 3.63) is 59.9 Å². The van der Waals surface area contributed by atoms with Crippen molar-refractivity contribution in [1.82, 2.24) is 10.2 Å². The first-order valence-corrected chi connectivity index (χ1v) is 10.4. The van der Waals surface area contributed by atoms with Gasteiger partial charge < -0.3 is 15.1 Å². The van der Waals surface area contributed by atoms with E-state index in [1.54, 1.807) is 42.5 Å². The monoisotopic (exact) mass is 437 g/mol. The molecule has 2 heterocycles. The van der Waals surface area contributed by atoms with Gasteiger partial charge in [0, 0.05) is 37.4 Å². The van der Waals surface area contributed by atoms with Gasteiger partial charge in [0.25, 0.3) is 0 Å². The molecule has 2 aliphatic rings. The number of amides is 2. The third-order valence-corrected chi connectivity index (χ3v) is 5.54. The van der Waals surface area contributed by atoms with Crippen LogP contribution in [0.15, 0.2) is 53.5 Å². The molecule has 2 aliphatic heterocycles. The highest BCUT2D eigenvalue weighted by atomic mass is 19.1. The quantitative estimate of drug-likeness (QED) is 0.714. The molecule has 0 aliphatic carbocycles. The Balaban J connectivity index is 1.40. The smallest absolute Gasteiger partial charge is 0.249 e. The molecule has 0 radical (unpaired) electrons. The molecule has 2 amide bonds. The Kier molecular flexibility index (Phi) is 6.16. The lowest BCUT2D eigenvalue weighted by atomic mass is 10.1. The van der Waals surface area contributed by atoms with Crippen LogP contribution in [-0.4, -0.2) is 60.7 Å². The lowest BCUT2D eigenvalue weighted by Gasteiger charge is -2.38. The largest absolute Gasteiger partial charge is 0.366 e. The van der Waals surface area contributed by atoms with E-state index < -0.39 is 11.9 Å². The Labute approximate surface area is 185 Å². The summed E-state index contributed by atoms with van der Waals surface area (Å²) in [5.74, 6) is -0.633. The van der Waals surface area contributed by atoms with Gasteiger partial charge >= 0.3 is 0 Å². The van der Waals surface area contributed by atoms with E-state index in [9.17, 15) is 18.8 Å². The fourth-order valence-electron chi connectivity index (χ4n) is 3.77. The van der Waals surface area contributed by atoms with Crippen LogP contribution in [0.4, 0.5) is 15.8 Å². The molecule has 8 nitrogen and oxygen atoms in total. The molecular weight excluding hydrogens is 413 g/mol. The van der Waals surface area contributed by atoms with Gasteiger partial charge in [0.2, 0.25) is 17.8 Å². The van der Waals surface area contributed by atoms with Crippen molar-refractivity contribution in [2.24, 2.45) is 4.99 Å². The number of hydrogen-bond acceptors (Lipinski definition) is 6. The van der Waals surface area contributed by atoms with Gasteiger partial charge in [0.15, 0.2) is 5.78 Å². The summed E-state index contributed by atoms with van der Waals surface area (Å²) < 4.78 is 14.1. The number of rotatable bonds is 4. The number of hydrogen-bond donors (Lipinski definition) is 2. The molecule has 2 aromatic rings. The van der Waals surface area contributed by atoms with Gasteiger partial charge in [-0.15, -0.1) is 0 Å². The van der Waals surface area contributed by atoms with E-state index in [4.69, 9.17) is 0 Å². The number of ketones is 1. The van der Waals surface area contributed by atoms with Crippen LogP contribution in [0.5, 0.6) is 0 Å². The van der Waals surface area contributed by atoms with Crippen molar-refractivity contribution in [3.8, 4) is 0 Å². The third kappa shape index (κ3) is 4.77. The van der Waals surface area contributed by atoms with E-state index in [2.05, 4.69) is 15.6 Å². The summed E-state index contributed by atoms with van der Waals surface area (Å²) in [6, 6.07) is 12.3. The zero-order valence-corrected chi connectivity index (χ0v) is 17.7. The predicted octanol–water partition coefficient (Wildman–Crippen LogP) is 2.03. The van der Waals surface area contributed by atoms with Crippen molar-refractivity contribution in [3.63, 3.8) is 0 Å². The van der Waals surface area contributed by atoms with Crippen molar-refractivity contribution in [1.29, 1.82) is 0 Å². The van der Waals surface area contributed by atoms with Crippen LogP contribution in [0.3, 0.4) is 0 Å². The molecule has 0 saturated carbocycles. The lowest BCUT2D eigenvalue weighted by Crippen LogP contribution is -2.56. The normalized spacial score (nSPS) is 18.6. The van der Waals surface area contributed by atoms with Gasteiger partial charge in [-0.05, 0) is 43.3 Å². The standard InChI is InChI=1S/C23H24FN5O3/c1-15(30)16-6-8-17(9-7-16)25-22(32)19-14-21(31)27-23(26-19)29-12-10-28(11-13-29)20-5-3-2-4-18(20)24/h2-9,19H,10-14H2,1H3,(H,25,32)(H,26,27,31)/t19-/m1/s1. The van der Waals surface area contributed by atoms with Crippen LogP contribution in [-0.2, 0) is 9.59 Å². The van der Waals surface area contributed by atoms with Crippen LogP contribution in [0, 0.1) is 5.82 Å². The maximum atomic E-state index is 14.1. The average molecular weight is 437 g/mol. The number of benzene rings is 2. The predicted molar refractivity (Wildman–Crippen MR) is 119 cm³/mol. The van der Waals surface area contributed by atoms with E-state index in [-0.39, 0.29) is 23.9 Å². The minimum absolute atomic E-state index is 0.0456. The van der Waals surface area contributed by atoms with Gasteiger partial charge in [-0.3, -0.25) is 19.7 Å². The molecular formula is C23H24FN5O3. The summed E-state index contributed by atoms with van der Waals surface area (Å²) >= 11 is 0. The average Bonchev–Trinajstić information content (AvgIpc) is 2.79. The van der Waals surface area contributed by atoms with E-state index in [1.807, 2.05) is 9.80 Å². The summed E-state index contributed by atoms with van der Waals surface area (Å²) in [6.07, 6.45) is -0.0456. The lowest BCUT2D eigenvalue weighted by molar-refractivity contribution is -0.125. The summed E-state index contributed by atoms with van der Waals surface area (Å²) in [7, 11) is 0. The Bertz CT molecular complexity index is 1060. The van der Waals surface area contributed by atoms with Crippen molar-refractivity contribution < 1.29 is 18.8 Å². The molecule has 166 valence electrons. The summed E-state index contributed by atoms with van der Waals surface area (Å²) in [5.41, 5.74) is 1.63. The van der Waals surface area contributed by atoms with Gasteiger partial charge in [0.1, 0.15) is 11.9 Å².